The molecule has 3 heterocycles. The summed E-state index contributed by atoms with van der Waals surface area (Å²) >= 11 is 0. The summed E-state index contributed by atoms with van der Waals surface area (Å²) < 4.78 is 2.22. The van der Waals surface area contributed by atoms with Crippen molar-refractivity contribution in [2.45, 2.75) is 47.5 Å². The molecule has 7 rings (SSSR count). The Kier molecular flexibility index (Phi) is 6.62. The molecule has 2 atom stereocenters. The fourth-order valence-electron chi connectivity index (χ4n) is 6.84. The van der Waals surface area contributed by atoms with Gasteiger partial charge in [-0.2, -0.15) is 0 Å². The average Bonchev–Trinajstić information content (AvgIpc) is 3.30. The van der Waals surface area contributed by atoms with Gasteiger partial charge in [0, 0.05) is 40.3 Å². The maximum absolute atomic E-state index is 5.13. The molecular weight excluding hydrogens is 522 g/mol. The Morgan fingerprint density at radius 2 is 1.23 bits per heavy atom. The van der Waals surface area contributed by atoms with E-state index < -0.39 is 0 Å². The Morgan fingerprint density at radius 1 is 0.628 bits per heavy atom. The molecule has 0 spiro atoms. The highest BCUT2D eigenvalue weighted by Crippen LogP contribution is 2.38. The van der Waals surface area contributed by atoms with E-state index in [0.717, 1.165) is 33.3 Å². The van der Waals surface area contributed by atoms with Crippen LogP contribution in [0.15, 0.2) is 109 Å². The van der Waals surface area contributed by atoms with Crippen LogP contribution >= 0.6 is 0 Å². The van der Waals surface area contributed by atoms with Crippen LogP contribution in [0.3, 0.4) is 0 Å². The molecular formula is C40H37N3. The van der Waals surface area contributed by atoms with Gasteiger partial charge in [-0.1, -0.05) is 90.4 Å². The van der Waals surface area contributed by atoms with Gasteiger partial charge in [-0.3, -0.25) is 4.57 Å². The highest BCUT2D eigenvalue weighted by Gasteiger charge is 2.22. The first kappa shape index (κ1) is 27.1. The van der Waals surface area contributed by atoms with E-state index in [1.165, 1.54) is 50.1 Å². The largest absolute Gasteiger partial charge is 0.278 e. The molecule has 0 bridgehead atoms. The maximum atomic E-state index is 5.13. The van der Waals surface area contributed by atoms with Crippen molar-refractivity contribution in [3.05, 3.63) is 137 Å². The van der Waals surface area contributed by atoms with Crippen LogP contribution in [-0.2, 0) is 0 Å². The summed E-state index contributed by atoms with van der Waals surface area (Å²) in [7, 11) is 0. The van der Waals surface area contributed by atoms with Crippen LogP contribution in [0, 0.1) is 33.6 Å². The van der Waals surface area contributed by atoms with Gasteiger partial charge >= 0.3 is 0 Å². The van der Waals surface area contributed by atoms with Crippen molar-refractivity contribution in [3.63, 3.8) is 0 Å². The molecule has 2 unspecified atom stereocenters. The number of allylic oxidation sites excluding steroid dienone is 4. The normalized spacial score (nSPS) is 16.7. The number of fused-ring (bicyclic) bond motifs is 3. The summed E-state index contributed by atoms with van der Waals surface area (Å²) in [6, 6.07) is 26.8. The van der Waals surface area contributed by atoms with Gasteiger partial charge in [-0.05, 0) is 98.2 Å². The predicted octanol–water partition coefficient (Wildman–Crippen LogP) is 10.4. The highest BCUT2D eigenvalue weighted by molar-refractivity contribution is 6.08. The lowest BCUT2D eigenvalue weighted by molar-refractivity contribution is 0.629. The Labute approximate surface area is 254 Å². The lowest BCUT2D eigenvalue weighted by Gasteiger charge is -2.22. The van der Waals surface area contributed by atoms with Crippen LogP contribution in [0.5, 0.6) is 0 Å². The van der Waals surface area contributed by atoms with E-state index in [-0.39, 0.29) is 0 Å². The lowest BCUT2D eigenvalue weighted by Crippen LogP contribution is -2.09. The quantitative estimate of drug-likeness (QED) is 0.215. The summed E-state index contributed by atoms with van der Waals surface area (Å²) in [4.78, 5) is 10.2. The van der Waals surface area contributed by atoms with Crippen LogP contribution < -0.4 is 0 Å². The second kappa shape index (κ2) is 10.5. The smallest absolute Gasteiger partial charge is 0.146 e. The predicted molar refractivity (Wildman–Crippen MR) is 181 cm³/mol. The molecule has 0 saturated heterocycles. The lowest BCUT2D eigenvalue weighted by atomic mass is 9.83. The number of aryl methyl sites for hydroxylation is 4. The van der Waals surface area contributed by atoms with Crippen molar-refractivity contribution in [1.29, 1.82) is 0 Å². The van der Waals surface area contributed by atoms with Gasteiger partial charge in [-0.25, -0.2) is 9.97 Å². The molecule has 212 valence electrons. The standard InChI is InChI=1S/C40H37N3/c1-24-7-14-34(27(4)17-24)30-10-12-33(13-11-30)43-39-37(20-31(22-41-39)35-15-8-25(2)18-28(35)5)38-21-32(23-42-40(38)43)36-16-9-26(3)19-29(36)6/h7-23,28,35H,1-6H3. The third-order valence-corrected chi connectivity index (χ3v) is 9.02. The van der Waals surface area contributed by atoms with Gasteiger partial charge in [0.25, 0.3) is 0 Å². The molecule has 3 aromatic carbocycles. The van der Waals surface area contributed by atoms with Crippen LogP contribution in [0.4, 0.5) is 0 Å². The van der Waals surface area contributed by atoms with Crippen LogP contribution in [0.25, 0.3) is 50.0 Å². The number of aromatic nitrogens is 3. The van der Waals surface area contributed by atoms with E-state index in [1.807, 2.05) is 6.20 Å². The highest BCUT2D eigenvalue weighted by atomic mass is 15.1. The summed E-state index contributed by atoms with van der Waals surface area (Å²) in [6.45, 7) is 13.1. The second-order valence-electron chi connectivity index (χ2n) is 12.4. The Balaban J connectivity index is 1.41. The third kappa shape index (κ3) is 4.79. The monoisotopic (exact) mass is 559 g/mol. The first-order valence-electron chi connectivity index (χ1n) is 15.2. The molecule has 6 aromatic rings. The van der Waals surface area contributed by atoms with Gasteiger partial charge in [0.1, 0.15) is 11.3 Å². The van der Waals surface area contributed by atoms with Crippen LogP contribution in [-0.4, -0.2) is 14.5 Å². The molecule has 3 aromatic heterocycles. The zero-order chi connectivity index (χ0) is 29.8. The molecule has 0 saturated carbocycles. The number of pyridine rings is 2. The number of rotatable bonds is 4. The van der Waals surface area contributed by atoms with E-state index in [1.54, 1.807) is 0 Å². The molecule has 0 radical (unpaired) electrons. The van der Waals surface area contributed by atoms with E-state index in [0.29, 0.717) is 11.8 Å². The molecule has 1 aliphatic rings. The SMILES string of the molecule is CC1=CC(C)C(c2cnc3c(c2)c2cc(-c4ccc(C)cc4C)cnc2n3-c2ccc(-c3ccc(C)cc3C)cc2)C=C1. The molecule has 43 heavy (non-hydrogen) atoms. The average molecular weight is 560 g/mol. The first-order valence-corrected chi connectivity index (χ1v) is 15.2. The fourth-order valence-corrected chi connectivity index (χ4v) is 6.84. The van der Waals surface area contributed by atoms with Gasteiger partial charge < -0.3 is 0 Å². The summed E-state index contributed by atoms with van der Waals surface area (Å²) in [5, 5.41) is 2.26. The van der Waals surface area contributed by atoms with Crippen molar-refractivity contribution in [1.82, 2.24) is 14.5 Å². The van der Waals surface area contributed by atoms with Gasteiger partial charge in [0.2, 0.25) is 0 Å². The summed E-state index contributed by atoms with van der Waals surface area (Å²) in [5.74, 6) is 0.714. The molecule has 3 heteroatoms. The molecule has 1 aliphatic carbocycles. The van der Waals surface area contributed by atoms with Crippen molar-refractivity contribution in [2.24, 2.45) is 5.92 Å². The molecule has 0 N–H and O–H groups in total. The van der Waals surface area contributed by atoms with Gasteiger partial charge in [-0.15, -0.1) is 0 Å². The Morgan fingerprint density at radius 3 is 1.86 bits per heavy atom. The Hall–Kier alpha value is -4.76. The summed E-state index contributed by atoms with van der Waals surface area (Å²) in [6.07, 6.45) is 11.0. The summed E-state index contributed by atoms with van der Waals surface area (Å²) in [5.41, 5.74) is 15.4. The van der Waals surface area contributed by atoms with Crippen molar-refractivity contribution in [2.75, 3.05) is 0 Å². The minimum atomic E-state index is 0.298. The minimum Gasteiger partial charge on any atom is -0.278 e. The first-order chi connectivity index (χ1) is 20.8. The molecule has 3 nitrogen and oxygen atoms in total. The minimum absolute atomic E-state index is 0.298. The van der Waals surface area contributed by atoms with Crippen molar-refractivity contribution < 1.29 is 0 Å². The number of benzene rings is 3. The van der Waals surface area contributed by atoms with Crippen molar-refractivity contribution in [3.8, 4) is 27.9 Å². The van der Waals surface area contributed by atoms with Crippen LogP contribution in [0.2, 0.25) is 0 Å². The molecule has 0 aliphatic heterocycles. The van der Waals surface area contributed by atoms with E-state index in [9.17, 15) is 0 Å². The fraction of sp³-hybridized carbons (Fsp3) is 0.200. The Bertz CT molecular complexity index is 2090. The van der Waals surface area contributed by atoms with Crippen LogP contribution in [0.1, 0.15) is 47.6 Å². The maximum Gasteiger partial charge on any atom is 0.146 e. The van der Waals surface area contributed by atoms with Crippen molar-refractivity contribution >= 4 is 22.1 Å². The third-order valence-electron chi connectivity index (χ3n) is 9.02. The second-order valence-corrected chi connectivity index (χ2v) is 12.4. The molecule has 0 fully saturated rings. The van der Waals surface area contributed by atoms with E-state index >= 15 is 0 Å². The molecule has 0 amide bonds. The number of nitrogens with zero attached hydrogens (tertiary/aromatic N) is 3. The number of hydrogen-bond donors (Lipinski definition) is 0. The topological polar surface area (TPSA) is 30.7 Å². The van der Waals surface area contributed by atoms with E-state index in [2.05, 4.69) is 143 Å². The zero-order valence-electron chi connectivity index (χ0n) is 25.8. The van der Waals surface area contributed by atoms with Gasteiger partial charge in [0.05, 0.1) is 0 Å². The van der Waals surface area contributed by atoms with Gasteiger partial charge in [0.15, 0.2) is 0 Å². The van der Waals surface area contributed by atoms with E-state index in [4.69, 9.17) is 9.97 Å². The number of hydrogen-bond acceptors (Lipinski definition) is 2. The zero-order valence-corrected chi connectivity index (χ0v) is 25.8.